The Balaban J connectivity index is 1.66. The quantitative estimate of drug-likeness (QED) is 0.693. The molecule has 1 N–H and O–H groups in total. The average Bonchev–Trinajstić information content (AvgIpc) is 2.80. The largest absolute Gasteiger partial charge is 0.378 e. The second kappa shape index (κ2) is 5.63. The molecule has 2 fully saturated rings. The molecule has 0 amide bonds. The maximum absolute atomic E-state index is 5.53. The van der Waals surface area contributed by atoms with Crippen LogP contribution in [-0.2, 0) is 9.47 Å². The molecule has 2 saturated heterocycles. The zero-order chi connectivity index (χ0) is 10.5. The molecule has 0 aromatic heterocycles. The van der Waals surface area contributed by atoms with Crippen molar-refractivity contribution in [2.24, 2.45) is 0 Å². The first-order chi connectivity index (χ1) is 7.36. The summed E-state index contributed by atoms with van der Waals surface area (Å²) in [6.07, 6.45) is 2.68. The molecule has 0 aromatic carbocycles. The van der Waals surface area contributed by atoms with Crippen LogP contribution in [0.3, 0.4) is 0 Å². The highest BCUT2D eigenvalue weighted by molar-refractivity contribution is 7.80. The van der Waals surface area contributed by atoms with Crippen LogP contribution in [0.2, 0.25) is 0 Å². The molecule has 86 valence electrons. The van der Waals surface area contributed by atoms with Crippen LogP contribution in [0.15, 0.2) is 0 Å². The van der Waals surface area contributed by atoms with Crippen molar-refractivity contribution in [2.75, 3.05) is 39.5 Å². The van der Waals surface area contributed by atoms with Crippen molar-refractivity contribution < 1.29 is 9.47 Å². The van der Waals surface area contributed by atoms with E-state index in [0.29, 0.717) is 6.10 Å². The molecule has 0 aliphatic carbocycles. The molecule has 2 heterocycles. The van der Waals surface area contributed by atoms with Crippen LogP contribution in [0.5, 0.6) is 0 Å². The Kier molecular flexibility index (Phi) is 4.17. The molecule has 5 heteroatoms. The molecular formula is C10H18N2O2S. The van der Waals surface area contributed by atoms with Crippen LogP contribution in [0.4, 0.5) is 0 Å². The van der Waals surface area contributed by atoms with Crippen LogP contribution < -0.4 is 5.32 Å². The minimum absolute atomic E-state index is 0.351. The van der Waals surface area contributed by atoms with Gasteiger partial charge in [-0.3, -0.25) is 0 Å². The summed E-state index contributed by atoms with van der Waals surface area (Å²) >= 11 is 5.31. The Morgan fingerprint density at radius 3 is 2.80 bits per heavy atom. The lowest BCUT2D eigenvalue weighted by molar-refractivity contribution is 0.0667. The number of nitrogens with zero attached hydrogens (tertiary/aromatic N) is 1. The Hall–Kier alpha value is -0.390. The minimum atomic E-state index is 0.351. The Morgan fingerprint density at radius 1 is 1.33 bits per heavy atom. The predicted octanol–water partition coefficient (Wildman–Crippen LogP) is 0.372. The van der Waals surface area contributed by atoms with E-state index >= 15 is 0 Å². The van der Waals surface area contributed by atoms with Gasteiger partial charge in [-0.1, -0.05) is 0 Å². The third kappa shape index (κ3) is 3.29. The summed E-state index contributed by atoms with van der Waals surface area (Å²) in [5.74, 6) is 0. The lowest BCUT2D eigenvalue weighted by atomic mass is 10.2. The molecule has 1 unspecified atom stereocenters. The number of nitrogens with one attached hydrogen (secondary N) is 1. The van der Waals surface area contributed by atoms with Crippen LogP contribution in [0.1, 0.15) is 12.8 Å². The number of thiocarbonyl (C=S) groups is 1. The van der Waals surface area contributed by atoms with Gasteiger partial charge in [0.25, 0.3) is 0 Å². The van der Waals surface area contributed by atoms with Crippen molar-refractivity contribution >= 4 is 17.3 Å². The molecule has 15 heavy (non-hydrogen) atoms. The van der Waals surface area contributed by atoms with Gasteiger partial charge in [0.05, 0.1) is 19.3 Å². The van der Waals surface area contributed by atoms with Gasteiger partial charge in [-0.2, -0.15) is 0 Å². The maximum Gasteiger partial charge on any atom is 0.169 e. The van der Waals surface area contributed by atoms with E-state index in [0.717, 1.165) is 51.0 Å². The van der Waals surface area contributed by atoms with Crippen LogP contribution in [-0.4, -0.2) is 55.6 Å². The molecule has 2 rings (SSSR count). The van der Waals surface area contributed by atoms with E-state index in [1.807, 2.05) is 0 Å². The third-order valence-corrected chi connectivity index (χ3v) is 3.21. The molecule has 0 aromatic rings. The number of morpholine rings is 1. The zero-order valence-corrected chi connectivity index (χ0v) is 9.72. The molecule has 2 aliphatic rings. The van der Waals surface area contributed by atoms with Crippen LogP contribution in [0, 0.1) is 0 Å². The van der Waals surface area contributed by atoms with Gasteiger partial charge in [0, 0.05) is 26.2 Å². The topological polar surface area (TPSA) is 33.7 Å². The van der Waals surface area contributed by atoms with Crippen molar-refractivity contribution in [3.8, 4) is 0 Å². The van der Waals surface area contributed by atoms with Crippen molar-refractivity contribution in [2.45, 2.75) is 18.9 Å². The second-order valence-corrected chi connectivity index (χ2v) is 4.31. The van der Waals surface area contributed by atoms with E-state index in [-0.39, 0.29) is 0 Å². The van der Waals surface area contributed by atoms with Gasteiger partial charge in [-0.05, 0) is 25.1 Å². The first kappa shape index (κ1) is 11.1. The van der Waals surface area contributed by atoms with E-state index in [1.165, 1.54) is 6.42 Å². The van der Waals surface area contributed by atoms with Gasteiger partial charge in [0.2, 0.25) is 0 Å². The first-order valence-corrected chi connectivity index (χ1v) is 5.99. The Morgan fingerprint density at radius 2 is 2.13 bits per heavy atom. The lowest BCUT2D eigenvalue weighted by Gasteiger charge is -2.29. The van der Waals surface area contributed by atoms with Gasteiger partial charge < -0.3 is 19.7 Å². The Labute approximate surface area is 95.9 Å². The fourth-order valence-corrected chi connectivity index (χ4v) is 2.15. The van der Waals surface area contributed by atoms with E-state index in [1.54, 1.807) is 0 Å². The number of hydrogen-bond acceptors (Lipinski definition) is 3. The first-order valence-electron chi connectivity index (χ1n) is 5.58. The standard InChI is InChI=1S/C10H18N2O2S/c15-10(12-3-6-13-7-4-12)11-8-9-2-1-5-14-9/h9H,1-8H2,(H,11,15). The highest BCUT2D eigenvalue weighted by atomic mass is 32.1. The number of rotatable bonds is 2. The van der Waals surface area contributed by atoms with Crippen molar-refractivity contribution in [3.05, 3.63) is 0 Å². The summed E-state index contributed by atoms with van der Waals surface area (Å²) in [7, 11) is 0. The molecule has 4 nitrogen and oxygen atoms in total. The third-order valence-electron chi connectivity index (χ3n) is 2.80. The molecule has 1 atom stereocenters. The van der Waals surface area contributed by atoms with Crippen molar-refractivity contribution in [1.29, 1.82) is 0 Å². The van der Waals surface area contributed by atoms with Crippen LogP contribution >= 0.6 is 12.2 Å². The van der Waals surface area contributed by atoms with Crippen molar-refractivity contribution in [1.82, 2.24) is 10.2 Å². The molecular weight excluding hydrogens is 212 g/mol. The van der Waals surface area contributed by atoms with Gasteiger partial charge in [0.15, 0.2) is 5.11 Å². The van der Waals surface area contributed by atoms with Crippen LogP contribution in [0.25, 0.3) is 0 Å². The molecule has 0 saturated carbocycles. The molecule has 2 aliphatic heterocycles. The summed E-state index contributed by atoms with van der Waals surface area (Å²) < 4.78 is 10.8. The highest BCUT2D eigenvalue weighted by Gasteiger charge is 2.18. The SMILES string of the molecule is S=C(NCC1CCCO1)N1CCOCC1. The summed E-state index contributed by atoms with van der Waals surface area (Å²) in [6, 6.07) is 0. The van der Waals surface area contributed by atoms with E-state index < -0.39 is 0 Å². The second-order valence-electron chi connectivity index (χ2n) is 3.92. The normalized spacial score (nSPS) is 26.7. The zero-order valence-electron chi connectivity index (χ0n) is 8.91. The molecule has 0 bridgehead atoms. The predicted molar refractivity (Wildman–Crippen MR) is 62.0 cm³/mol. The highest BCUT2D eigenvalue weighted by Crippen LogP contribution is 2.10. The summed E-state index contributed by atoms with van der Waals surface area (Å²) in [6.45, 7) is 5.10. The number of ether oxygens (including phenoxy) is 2. The van der Waals surface area contributed by atoms with E-state index in [4.69, 9.17) is 21.7 Å². The van der Waals surface area contributed by atoms with Gasteiger partial charge in [-0.25, -0.2) is 0 Å². The van der Waals surface area contributed by atoms with E-state index in [2.05, 4.69) is 10.2 Å². The number of hydrogen-bond donors (Lipinski definition) is 1. The smallest absolute Gasteiger partial charge is 0.169 e. The van der Waals surface area contributed by atoms with Gasteiger partial charge in [0.1, 0.15) is 0 Å². The van der Waals surface area contributed by atoms with Crippen molar-refractivity contribution in [3.63, 3.8) is 0 Å². The minimum Gasteiger partial charge on any atom is -0.378 e. The fourth-order valence-electron chi connectivity index (χ4n) is 1.88. The summed E-state index contributed by atoms with van der Waals surface area (Å²) in [4.78, 5) is 2.16. The molecule has 0 spiro atoms. The summed E-state index contributed by atoms with van der Waals surface area (Å²) in [5.41, 5.74) is 0. The average molecular weight is 230 g/mol. The Bertz CT molecular complexity index is 213. The molecule has 0 radical (unpaired) electrons. The maximum atomic E-state index is 5.53. The summed E-state index contributed by atoms with van der Waals surface area (Å²) in [5, 5.41) is 4.11. The van der Waals surface area contributed by atoms with Gasteiger partial charge in [-0.15, -0.1) is 0 Å². The fraction of sp³-hybridized carbons (Fsp3) is 0.900. The van der Waals surface area contributed by atoms with Gasteiger partial charge >= 0.3 is 0 Å². The van der Waals surface area contributed by atoms with E-state index in [9.17, 15) is 0 Å². The monoisotopic (exact) mass is 230 g/mol. The lowest BCUT2D eigenvalue weighted by Crippen LogP contribution is -2.47.